The van der Waals surface area contributed by atoms with E-state index >= 15 is 0 Å². The van der Waals surface area contributed by atoms with Gasteiger partial charge in [0.15, 0.2) is 14.1 Å². The fourth-order valence-corrected chi connectivity index (χ4v) is 3.31. The molecule has 2 aromatic carbocycles. The van der Waals surface area contributed by atoms with Gasteiger partial charge < -0.3 is 13.9 Å². The van der Waals surface area contributed by atoms with Crippen LogP contribution in [0.4, 0.5) is 0 Å². The van der Waals surface area contributed by atoms with Gasteiger partial charge in [0.25, 0.3) is 0 Å². The zero-order chi connectivity index (χ0) is 17.7. The minimum Gasteiger partial charge on any atom is -0.497 e. The third kappa shape index (κ3) is 4.69. The quantitative estimate of drug-likeness (QED) is 0.549. The lowest BCUT2D eigenvalue weighted by Crippen LogP contribution is -2.31. The van der Waals surface area contributed by atoms with E-state index in [0.29, 0.717) is 17.1 Å². The number of benzene rings is 2. The SMILES string of the molecule is COc1cc(OC)cc(C(O[Si](C)(C)C)C(=O)c2ccccc2)c1. The molecule has 1 atom stereocenters. The second-order valence-corrected chi connectivity index (χ2v) is 10.9. The molecule has 0 aliphatic carbocycles. The van der Waals surface area contributed by atoms with Crippen LogP contribution in [-0.4, -0.2) is 28.3 Å². The number of hydrogen-bond acceptors (Lipinski definition) is 4. The first-order valence-corrected chi connectivity index (χ1v) is 11.2. The van der Waals surface area contributed by atoms with Crippen molar-refractivity contribution in [2.24, 2.45) is 0 Å². The molecule has 0 radical (unpaired) electrons. The molecule has 0 N–H and O–H groups in total. The van der Waals surface area contributed by atoms with E-state index in [1.165, 1.54) is 0 Å². The van der Waals surface area contributed by atoms with Gasteiger partial charge in [-0.1, -0.05) is 30.3 Å². The molecule has 0 aliphatic heterocycles. The number of hydrogen-bond donors (Lipinski definition) is 0. The molecule has 0 aliphatic rings. The lowest BCUT2D eigenvalue weighted by atomic mass is 9.99. The van der Waals surface area contributed by atoms with Gasteiger partial charge in [-0.2, -0.15) is 0 Å². The second kappa shape index (κ2) is 7.64. The first-order chi connectivity index (χ1) is 11.3. The summed E-state index contributed by atoms with van der Waals surface area (Å²) in [4.78, 5) is 13.0. The minimum atomic E-state index is -1.96. The van der Waals surface area contributed by atoms with Gasteiger partial charge in [0.1, 0.15) is 17.6 Å². The highest BCUT2D eigenvalue weighted by Gasteiger charge is 2.29. The largest absolute Gasteiger partial charge is 0.497 e. The monoisotopic (exact) mass is 344 g/mol. The number of carbonyl (C=O) groups excluding carboxylic acids is 1. The van der Waals surface area contributed by atoms with E-state index in [-0.39, 0.29) is 5.78 Å². The highest BCUT2D eigenvalue weighted by atomic mass is 28.4. The predicted octanol–water partition coefficient (Wildman–Crippen LogP) is 4.48. The molecule has 0 aromatic heterocycles. The maximum absolute atomic E-state index is 13.0. The average Bonchev–Trinajstić information content (AvgIpc) is 2.58. The van der Waals surface area contributed by atoms with Crippen LogP contribution in [0.1, 0.15) is 22.0 Å². The van der Waals surface area contributed by atoms with Crippen LogP contribution in [0.2, 0.25) is 19.6 Å². The van der Waals surface area contributed by atoms with E-state index in [9.17, 15) is 4.79 Å². The van der Waals surface area contributed by atoms with Gasteiger partial charge in [0.05, 0.1) is 14.2 Å². The summed E-state index contributed by atoms with van der Waals surface area (Å²) in [5.41, 5.74) is 1.37. The molecule has 4 nitrogen and oxygen atoms in total. The van der Waals surface area contributed by atoms with Crippen molar-refractivity contribution in [3.8, 4) is 11.5 Å². The maximum Gasteiger partial charge on any atom is 0.194 e. The Morgan fingerprint density at radius 2 is 1.46 bits per heavy atom. The molecular weight excluding hydrogens is 320 g/mol. The smallest absolute Gasteiger partial charge is 0.194 e. The third-order valence-corrected chi connectivity index (χ3v) is 4.39. The van der Waals surface area contributed by atoms with E-state index in [4.69, 9.17) is 13.9 Å². The van der Waals surface area contributed by atoms with Crippen molar-refractivity contribution in [3.05, 3.63) is 59.7 Å². The number of ketones is 1. The van der Waals surface area contributed by atoms with Crippen LogP contribution in [0.15, 0.2) is 48.5 Å². The molecule has 24 heavy (non-hydrogen) atoms. The molecule has 1 unspecified atom stereocenters. The normalized spacial score (nSPS) is 12.5. The molecule has 0 fully saturated rings. The van der Waals surface area contributed by atoms with E-state index < -0.39 is 14.4 Å². The Labute approximate surface area is 144 Å². The Morgan fingerprint density at radius 1 is 0.917 bits per heavy atom. The zero-order valence-electron chi connectivity index (χ0n) is 14.8. The predicted molar refractivity (Wildman–Crippen MR) is 97.5 cm³/mol. The van der Waals surface area contributed by atoms with Crippen molar-refractivity contribution >= 4 is 14.1 Å². The molecule has 0 heterocycles. The Kier molecular flexibility index (Phi) is 5.80. The summed E-state index contributed by atoms with van der Waals surface area (Å²) in [6.45, 7) is 6.20. The summed E-state index contributed by atoms with van der Waals surface area (Å²) in [6, 6.07) is 14.6. The first kappa shape index (κ1) is 18.2. The van der Waals surface area contributed by atoms with Gasteiger partial charge in [-0.15, -0.1) is 0 Å². The Bertz CT molecular complexity index is 670. The summed E-state index contributed by atoms with van der Waals surface area (Å²) in [7, 11) is 1.22. The van der Waals surface area contributed by atoms with Crippen LogP contribution < -0.4 is 9.47 Å². The van der Waals surface area contributed by atoms with Crippen LogP contribution >= 0.6 is 0 Å². The molecular formula is C19H24O4Si. The number of rotatable bonds is 7. The molecule has 5 heteroatoms. The second-order valence-electron chi connectivity index (χ2n) is 6.49. The highest BCUT2D eigenvalue weighted by Crippen LogP contribution is 2.32. The van der Waals surface area contributed by atoms with Crippen molar-refractivity contribution in [2.45, 2.75) is 25.7 Å². The molecule has 0 bridgehead atoms. The first-order valence-electron chi connectivity index (χ1n) is 7.84. The molecule has 0 amide bonds. The van der Waals surface area contributed by atoms with Crippen molar-refractivity contribution in [1.29, 1.82) is 0 Å². The van der Waals surface area contributed by atoms with Crippen molar-refractivity contribution in [1.82, 2.24) is 0 Å². The number of methoxy groups -OCH3 is 2. The number of Topliss-reactive ketones (excluding diaryl/α,β-unsaturated/α-hetero) is 1. The van der Waals surface area contributed by atoms with Crippen LogP contribution in [0.3, 0.4) is 0 Å². The average molecular weight is 344 g/mol. The zero-order valence-corrected chi connectivity index (χ0v) is 15.8. The van der Waals surface area contributed by atoms with Gasteiger partial charge in [0.2, 0.25) is 0 Å². The van der Waals surface area contributed by atoms with E-state index in [0.717, 1.165) is 5.56 Å². The molecule has 0 saturated heterocycles. The van der Waals surface area contributed by atoms with E-state index in [1.807, 2.05) is 30.3 Å². The lowest BCUT2D eigenvalue weighted by molar-refractivity contribution is 0.0779. The van der Waals surface area contributed by atoms with Gasteiger partial charge in [0, 0.05) is 11.6 Å². The standard InChI is InChI=1S/C19H24O4Si/c1-21-16-11-15(12-17(13-16)22-2)19(23-24(3,4)5)18(20)14-9-7-6-8-10-14/h6-13,19H,1-5H3. The maximum atomic E-state index is 13.0. The summed E-state index contributed by atoms with van der Waals surface area (Å²) in [6.07, 6.45) is -0.678. The Hall–Kier alpha value is -2.11. The van der Waals surface area contributed by atoms with Crippen LogP contribution in [0.25, 0.3) is 0 Å². The third-order valence-electron chi connectivity index (χ3n) is 3.44. The Morgan fingerprint density at radius 3 is 1.92 bits per heavy atom. The van der Waals surface area contributed by atoms with Crippen molar-refractivity contribution in [2.75, 3.05) is 14.2 Å². The van der Waals surface area contributed by atoms with Crippen LogP contribution in [0.5, 0.6) is 11.5 Å². The van der Waals surface area contributed by atoms with E-state index in [1.54, 1.807) is 32.4 Å². The summed E-state index contributed by atoms with van der Waals surface area (Å²) < 4.78 is 16.9. The van der Waals surface area contributed by atoms with E-state index in [2.05, 4.69) is 19.6 Å². The van der Waals surface area contributed by atoms with Gasteiger partial charge in [-0.3, -0.25) is 4.79 Å². The summed E-state index contributed by atoms with van der Waals surface area (Å²) >= 11 is 0. The molecule has 0 saturated carbocycles. The summed E-state index contributed by atoms with van der Waals surface area (Å²) in [5, 5.41) is 0. The minimum absolute atomic E-state index is 0.0617. The van der Waals surface area contributed by atoms with Crippen LogP contribution in [-0.2, 0) is 4.43 Å². The molecule has 0 spiro atoms. The Balaban J connectivity index is 2.48. The molecule has 2 aromatic rings. The van der Waals surface area contributed by atoms with Gasteiger partial charge in [-0.25, -0.2) is 0 Å². The lowest BCUT2D eigenvalue weighted by Gasteiger charge is -2.26. The number of carbonyl (C=O) groups is 1. The topological polar surface area (TPSA) is 44.8 Å². The van der Waals surface area contributed by atoms with Gasteiger partial charge in [-0.05, 0) is 37.3 Å². The van der Waals surface area contributed by atoms with Crippen molar-refractivity contribution in [3.63, 3.8) is 0 Å². The molecule has 128 valence electrons. The van der Waals surface area contributed by atoms with Crippen LogP contribution in [0, 0.1) is 0 Å². The van der Waals surface area contributed by atoms with Crippen molar-refractivity contribution < 1.29 is 18.7 Å². The molecule has 2 rings (SSSR count). The summed E-state index contributed by atoms with van der Waals surface area (Å²) in [5.74, 6) is 1.21. The highest BCUT2D eigenvalue weighted by molar-refractivity contribution is 6.69. The number of ether oxygens (including phenoxy) is 2. The fraction of sp³-hybridized carbons (Fsp3) is 0.316. The van der Waals surface area contributed by atoms with Gasteiger partial charge >= 0.3 is 0 Å². The fourth-order valence-electron chi connectivity index (χ4n) is 2.36.